The zero-order valence-corrected chi connectivity index (χ0v) is 17.9. The molecular formula is C19H21ClN2O6S. The summed E-state index contributed by atoms with van der Waals surface area (Å²) in [6.07, 6.45) is 1.00. The van der Waals surface area contributed by atoms with Crippen LogP contribution in [-0.2, 0) is 19.6 Å². The number of carbonyl (C=O) groups excluding carboxylic acids is 2. The van der Waals surface area contributed by atoms with Gasteiger partial charge >= 0.3 is 5.97 Å². The summed E-state index contributed by atoms with van der Waals surface area (Å²) in [5.74, 6) is -0.793. The molecule has 0 aromatic heterocycles. The van der Waals surface area contributed by atoms with Crippen molar-refractivity contribution in [1.82, 2.24) is 0 Å². The number of ether oxygens (including phenoxy) is 2. The maximum atomic E-state index is 12.8. The number of anilines is 2. The Morgan fingerprint density at radius 1 is 1.14 bits per heavy atom. The van der Waals surface area contributed by atoms with E-state index in [1.54, 1.807) is 18.2 Å². The summed E-state index contributed by atoms with van der Waals surface area (Å²) in [7, 11) is -1.12. The standard InChI is InChI=1S/C19H21ClN2O6S/c1-12(22(29(4,25)26)14-6-5-7-15(11-14)27-2)18(23)21-17-10-13(19(24)28-3)8-9-16(17)20/h5-12H,1-4H3,(H,21,23). The number of rotatable bonds is 7. The quantitative estimate of drug-likeness (QED) is 0.664. The lowest BCUT2D eigenvalue weighted by Gasteiger charge is -2.28. The van der Waals surface area contributed by atoms with Gasteiger partial charge in [0.25, 0.3) is 0 Å². The second-order valence-corrected chi connectivity index (χ2v) is 8.38. The smallest absolute Gasteiger partial charge is 0.337 e. The van der Waals surface area contributed by atoms with Crippen molar-refractivity contribution >= 4 is 44.9 Å². The molecule has 29 heavy (non-hydrogen) atoms. The minimum absolute atomic E-state index is 0.158. The van der Waals surface area contributed by atoms with Crippen molar-refractivity contribution in [2.75, 3.05) is 30.1 Å². The predicted molar refractivity (Wildman–Crippen MR) is 111 cm³/mol. The van der Waals surface area contributed by atoms with E-state index in [4.69, 9.17) is 16.3 Å². The molecule has 0 bridgehead atoms. The Bertz CT molecular complexity index is 1030. The fourth-order valence-electron chi connectivity index (χ4n) is 2.66. The summed E-state index contributed by atoms with van der Waals surface area (Å²) in [5, 5.41) is 2.75. The van der Waals surface area contributed by atoms with Gasteiger partial charge in [-0.05, 0) is 37.3 Å². The van der Waals surface area contributed by atoms with Crippen LogP contribution < -0.4 is 14.4 Å². The topological polar surface area (TPSA) is 102 Å². The van der Waals surface area contributed by atoms with Gasteiger partial charge in [0.1, 0.15) is 11.8 Å². The molecule has 10 heteroatoms. The summed E-state index contributed by atoms with van der Waals surface area (Å²) in [4.78, 5) is 24.5. The Kier molecular flexibility index (Phi) is 7.10. The second-order valence-electron chi connectivity index (χ2n) is 6.11. The third-order valence-corrected chi connectivity index (χ3v) is 5.61. The van der Waals surface area contributed by atoms with Crippen molar-refractivity contribution < 1.29 is 27.5 Å². The minimum Gasteiger partial charge on any atom is -0.497 e. The SMILES string of the molecule is COC(=O)c1ccc(Cl)c(NC(=O)C(C)N(c2cccc(OC)c2)S(C)(=O)=O)c1. The molecule has 0 aliphatic heterocycles. The molecular weight excluding hydrogens is 420 g/mol. The van der Waals surface area contributed by atoms with Gasteiger partial charge in [-0.15, -0.1) is 0 Å². The Hall–Kier alpha value is -2.78. The number of amides is 1. The van der Waals surface area contributed by atoms with Crippen LogP contribution in [0.25, 0.3) is 0 Å². The molecule has 2 aromatic carbocycles. The molecule has 0 heterocycles. The lowest BCUT2D eigenvalue weighted by Crippen LogP contribution is -2.45. The van der Waals surface area contributed by atoms with E-state index >= 15 is 0 Å². The Morgan fingerprint density at radius 2 is 1.83 bits per heavy atom. The van der Waals surface area contributed by atoms with Gasteiger partial charge in [0.05, 0.1) is 42.4 Å². The average Bonchev–Trinajstić information content (AvgIpc) is 2.68. The fourth-order valence-corrected chi connectivity index (χ4v) is 3.99. The van der Waals surface area contributed by atoms with E-state index in [1.807, 2.05) is 0 Å². The number of esters is 1. The Labute approximate surface area is 174 Å². The van der Waals surface area contributed by atoms with Gasteiger partial charge < -0.3 is 14.8 Å². The van der Waals surface area contributed by atoms with Crippen LogP contribution in [0.3, 0.4) is 0 Å². The van der Waals surface area contributed by atoms with Crippen LogP contribution in [0, 0.1) is 0 Å². The van der Waals surface area contributed by atoms with Crippen LogP contribution in [0.5, 0.6) is 5.75 Å². The van der Waals surface area contributed by atoms with Gasteiger partial charge in [-0.1, -0.05) is 17.7 Å². The molecule has 0 saturated heterocycles. The number of halogens is 1. The predicted octanol–water partition coefficient (Wildman–Crippen LogP) is 2.93. The third-order valence-electron chi connectivity index (χ3n) is 4.04. The number of hydrogen-bond acceptors (Lipinski definition) is 6. The highest BCUT2D eigenvalue weighted by molar-refractivity contribution is 7.92. The van der Waals surface area contributed by atoms with Crippen LogP contribution in [0.2, 0.25) is 5.02 Å². The van der Waals surface area contributed by atoms with Gasteiger partial charge in [-0.25, -0.2) is 13.2 Å². The van der Waals surface area contributed by atoms with Gasteiger partial charge in [0.15, 0.2) is 0 Å². The number of carbonyl (C=O) groups is 2. The van der Waals surface area contributed by atoms with Gasteiger partial charge in [0.2, 0.25) is 15.9 Å². The van der Waals surface area contributed by atoms with Gasteiger partial charge in [-0.3, -0.25) is 9.10 Å². The highest BCUT2D eigenvalue weighted by Gasteiger charge is 2.30. The van der Waals surface area contributed by atoms with E-state index in [9.17, 15) is 18.0 Å². The zero-order valence-electron chi connectivity index (χ0n) is 16.3. The van der Waals surface area contributed by atoms with E-state index in [0.717, 1.165) is 10.6 Å². The molecule has 0 saturated carbocycles. The average molecular weight is 441 g/mol. The molecule has 2 rings (SSSR count). The van der Waals surface area contributed by atoms with Gasteiger partial charge in [0, 0.05) is 6.07 Å². The molecule has 2 aromatic rings. The maximum absolute atomic E-state index is 12.8. The highest BCUT2D eigenvalue weighted by atomic mass is 35.5. The first-order valence-electron chi connectivity index (χ1n) is 8.40. The lowest BCUT2D eigenvalue weighted by atomic mass is 10.2. The number of benzene rings is 2. The number of hydrogen-bond donors (Lipinski definition) is 1. The van der Waals surface area contributed by atoms with Crippen molar-refractivity contribution in [1.29, 1.82) is 0 Å². The Morgan fingerprint density at radius 3 is 2.41 bits per heavy atom. The number of nitrogens with zero attached hydrogens (tertiary/aromatic N) is 1. The second kappa shape index (κ2) is 9.15. The van der Waals surface area contributed by atoms with Crippen LogP contribution in [0.15, 0.2) is 42.5 Å². The Balaban J connectivity index is 2.36. The number of methoxy groups -OCH3 is 2. The van der Waals surface area contributed by atoms with E-state index in [0.29, 0.717) is 5.75 Å². The lowest BCUT2D eigenvalue weighted by molar-refractivity contribution is -0.116. The number of sulfonamides is 1. The largest absolute Gasteiger partial charge is 0.497 e. The molecule has 0 radical (unpaired) electrons. The highest BCUT2D eigenvalue weighted by Crippen LogP contribution is 2.27. The first kappa shape index (κ1) is 22.5. The molecule has 1 atom stereocenters. The number of nitrogens with one attached hydrogen (secondary N) is 1. The monoisotopic (exact) mass is 440 g/mol. The van der Waals surface area contributed by atoms with E-state index in [1.165, 1.54) is 45.4 Å². The molecule has 1 N–H and O–H groups in total. The minimum atomic E-state index is -3.81. The van der Waals surface area contributed by atoms with E-state index in [-0.39, 0.29) is 22.0 Å². The maximum Gasteiger partial charge on any atom is 0.337 e. The van der Waals surface area contributed by atoms with Crippen molar-refractivity contribution in [2.24, 2.45) is 0 Å². The summed E-state index contributed by atoms with van der Waals surface area (Å²) >= 11 is 6.10. The molecule has 1 amide bonds. The molecule has 0 fully saturated rings. The normalized spacial score (nSPS) is 12.0. The van der Waals surface area contributed by atoms with Crippen LogP contribution in [0.1, 0.15) is 17.3 Å². The van der Waals surface area contributed by atoms with Crippen molar-refractivity contribution in [3.63, 3.8) is 0 Å². The van der Waals surface area contributed by atoms with E-state index in [2.05, 4.69) is 10.1 Å². The van der Waals surface area contributed by atoms with Gasteiger partial charge in [-0.2, -0.15) is 0 Å². The summed E-state index contributed by atoms with van der Waals surface area (Å²) in [5.41, 5.74) is 0.613. The summed E-state index contributed by atoms with van der Waals surface area (Å²) in [6.45, 7) is 1.44. The first-order valence-corrected chi connectivity index (χ1v) is 10.6. The molecule has 0 aliphatic rings. The fraction of sp³-hybridized carbons (Fsp3) is 0.263. The zero-order chi connectivity index (χ0) is 21.8. The summed E-state index contributed by atoms with van der Waals surface area (Å²) < 4.78 is 35.6. The van der Waals surface area contributed by atoms with Crippen LogP contribution in [-0.4, -0.2) is 46.8 Å². The van der Waals surface area contributed by atoms with Crippen LogP contribution >= 0.6 is 11.6 Å². The third kappa shape index (κ3) is 5.39. The van der Waals surface area contributed by atoms with Crippen molar-refractivity contribution in [3.8, 4) is 5.75 Å². The molecule has 0 spiro atoms. The molecule has 8 nitrogen and oxygen atoms in total. The van der Waals surface area contributed by atoms with Crippen molar-refractivity contribution in [3.05, 3.63) is 53.1 Å². The van der Waals surface area contributed by atoms with E-state index < -0.39 is 27.9 Å². The van der Waals surface area contributed by atoms with Crippen LogP contribution in [0.4, 0.5) is 11.4 Å². The molecule has 156 valence electrons. The summed E-state index contributed by atoms with van der Waals surface area (Å²) in [6, 6.07) is 9.47. The molecule has 1 unspecified atom stereocenters. The molecule has 0 aliphatic carbocycles. The first-order chi connectivity index (χ1) is 13.6. The van der Waals surface area contributed by atoms with Crippen molar-refractivity contribution in [2.45, 2.75) is 13.0 Å².